The van der Waals surface area contributed by atoms with Crippen molar-refractivity contribution >= 4 is 11.9 Å². The molecule has 1 amide bonds. The second-order valence-corrected chi connectivity index (χ2v) is 10.8. The monoisotopic (exact) mass is 560 g/mol. The highest BCUT2D eigenvalue weighted by Crippen LogP contribution is 2.42. The van der Waals surface area contributed by atoms with Crippen LogP contribution >= 0.6 is 0 Å². The second kappa shape index (κ2) is 14.4. The molecule has 3 aromatic carbocycles. The van der Waals surface area contributed by atoms with Gasteiger partial charge < -0.3 is 25.0 Å². The van der Waals surface area contributed by atoms with Crippen LogP contribution in [0.1, 0.15) is 72.9 Å². The van der Waals surface area contributed by atoms with Crippen LogP contribution in [0.4, 0.5) is 0 Å². The summed E-state index contributed by atoms with van der Waals surface area (Å²) in [4.78, 5) is 24.9. The molecule has 0 spiro atoms. The van der Waals surface area contributed by atoms with Crippen LogP contribution in [0.3, 0.4) is 0 Å². The number of hydrogen-bond donors (Lipinski definition) is 3. The van der Waals surface area contributed by atoms with Gasteiger partial charge in [0.05, 0.1) is 25.2 Å². The Bertz CT molecular complexity index is 1270. The van der Waals surface area contributed by atoms with E-state index in [9.17, 15) is 14.7 Å². The molecule has 4 rings (SSSR count). The highest BCUT2D eigenvalue weighted by Gasteiger charge is 2.39. The molecule has 41 heavy (non-hydrogen) atoms. The number of ether oxygens (including phenoxy) is 2. The van der Waals surface area contributed by atoms with Crippen LogP contribution in [0.5, 0.6) is 0 Å². The Morgan fingerprint density at radius 3 is 2.17 bits per heavy atom. The molecule has 218 valence electrons. The molecule has 0 aliphatic carbocycles. The van der Waals surface area contributed by atoms with E-state index >= 15 is 0 Å². The summed E-state index contributed by atoms with van der Waals surface area (Å²) in [6.45, 7) is 5.36. The van der Waals surface area contributed by atoms with E-state index in [1.54, 1.807) is 0 Å². The maximum absolute atomic E-state index is 11.9. The summed E-state index contributed by atoms with van der Waals surface area (Å²) in [5.41, 5.74) is 4.90. The van der Waals surface area contributed by atoms with Gasteiger partial charge in [-0.05, 0) is 36.2 Å². The number of aliphatic carboxylic acids is 1. The molecule has 0 bridgehead atoms. The summed E-state index contributed by atoms with van der Waals surface area (Å²) >= 11 is 0. The zero-order valence-corrected chi connectivity index (χ0v) is 23.9. The number of hydrogen-bond acceptors (Lipinski definition) is 6. The molecule has 0 saturated carbocycles. The summed E-state index contributed by atoms with van der Waals surface area (Å²) in [5.74, 6) is -1.22. The molecule has 1 saturated heterocycles. The molecule has 3 aromatic rings. The lowest BCUT2D eigenvalue weighted by atomic mass is 9.89. The molecule has 0 radical (unpaired) electrons. The van der Waals surface area contributed by atoms with Crippen molar-refractivity contribution in [2.45, 2.75) is 64.4 Å². The normalized spacial score (nSPS) is 21.4. The van der Waals surface area contributed by atoms with Crippen molar-refractivity contribution < 1.29 is 29.3 Å². The average molecular weight is 561 g/mol. The van der Waals surface area contributed by atoms with Gasteiger partial charge in [-0.2, -0.15) is 0 Å². The van der Waals surface area contributed by atoms with Gasteiger partial charge in [-0.1, -0.05) is 85.8 Å². The van der Waals surface area contributed by atoms with Crippen molar-refractivity contribution in [1.29, 1.82) is 0 Å². The molecule has 1 aliphatic rings. The highest BCUT2D eigenvalue weighted by atomic mass is 16.7. The smallest absolute Gasteiger partial charge is 0.303 e. The van der Waals surface area contributed by atoms with Crippen molar-refractivity contribution in [3.05, 3.63) is 107 Å². The lowest BCUT2D eigenvalue weighted by Crippen LogP contribution is -2.44. The van der Waals surface area contributed by atoms with Crippen LogP contribution in [0.2, 0.25) is 0 Å². The van der Waals surface area contributed by atoms with Crippen LogP contribution in [0, 0.1) is 5.92 Å². The van der Waals surface area contributed by atoms with Gasteiger partial charge in [-0.15, -0.1) is 0 Å². The third kappa shape index (κ3) is 8.24. The summed E-state index contributed by atoms with van der Waals surface area (Å²) in [6.07, 6.45) is -1.14. The number of rotatable bonds is 12. The molecule has 5 unspecified atom stereocenters. The zero-order chi connectivity index (χ0) is 29.4. The van der Waals surface area contributed by atoms with Gasteiger partial charge in [0, 0.05) is 37.0 Å². The third-order valence-corrected chi connectivity index (χ3v) is 7.84. The van der Waals surface area contributed by atoms with E-state index in [1.807, 2.05) is 54.6 Å². The van der Waals surface area contributed by atoms with Crippen LogP contribution < -0.4 is 5.32 Å². The van der Waals surface area contributed by atoms with E-state index in [1.165, 1.54) is 5.56 Å². The van der Waals surface area contributed by atoms with Gasteiger partial charge in [-0.25, -0.2) is 0 Å². The van der Waals surface area contributed by atoms with Crippen LogP contribution in [-0.4, -0.2) is 46.7 Å². The van der Waals surface area contributed by atoms with Gasteiger partial charge >= 0.3 is 5.97 Å². The lowest BCUT2D eigenvalue weighted by Gasteiger charge is -2.43. The Kier molecular flexibility index (Phi) is 10.7. The number of carbonyl (C=O) groups excluding carboxylic acids is 1. The van der Waals surface area contributed by atoms with E-state index in [4.69, 9.17) is 14.6 Å². The first-order valence-electron chi connectivity index (χ1n) is 14.1. The van der Waals surface area contributed by atoms with Crippen molar-refractivity contribution in [3.63, 3.8) is 0 Å². The maximum atomic E-state index is 11.9. The fraction of sp³-hybridized carbons (Fsp3) is 0.394. The largest absolute Gasteiger partial charge is 0.481 e. The van der Waals surface area contributed by atoms with Crippen LogP contribution in [-0.2, 0) is 32.2 Å². The van der Waals surface area contributed by atoms with Crippen molar-refractivity contribution in [2.75, 3.05) is 13.6 Å². The predicted molar refractivity (Wildman–Crippen MR) is 156 cm³/mol. The minimum Gasteiger partial charge on any atom is -0.481 e. The standard InChI is InChI=1S/C33H40N2O6/c1-22-29(20-35(3)23(2)26-7-5-4-6-8-26)40-33(41-32(22)27-13-11-25(21-36)12-14-27)28-15-9-24(10-16-28)19-34-30(37)17-18-31(38)39/h4-16,22-23,29,32-33,36H,17-21H2,1-3H3,(H,34,37)(H,38,39). The van der Waals surface area contributed by atoms with Crippen LogP contribution in [0.15, 0.2) is 78.9 Å². The Morgan fingerprint density at radius 1 is 0.902 bits per heavy atom. The molecular weight excluding hydrogens is 520 g/mol. The first-order chi connectivity index (χ1) is 19.7. The Hall–Kier alpha value is -3.56. The van der Waals surface area contributed by atoms with Crippen LogP contribution in [0.25, 0.3) is 0 Å². The minimum atomic E-state index is -0.993. The van der Waals surface area contributed by atoms with Gasteiger partial charge in [0.25, 0.3) is 0 Å². The number of likely N-dealkylation sites (N-methyl/N-ethyl adjacent to an activating group) is 1. The molecule has 1 aliphatic heterocycles. The summed E-state index contributed by atoms with van der Waals surface area (Å²) in [5, 5.41) is 21.0. The molecule has 3 N–H and O–H groups in total. The molecule has 8 nitrogen and oxygen atoms in total. The Balaban J connectivity index is 1.50. The van der Waals surface area contributed by atoms with Crippen molar-refractivity contribution in [1.82, 2.24) is 10.2 Å². The number of carbonyl (C=O) groups is 2. The molecule has 0 aromatic heterocycles. The third-order valence-electron chi connectivity index (χ3n) is 7.84. The highest BCUT2D eigenvalue weighted by molar-refractivity contribution is 5.80. The summed E-state index contributed by atoms with van der Waals surface area (Å²) in [7, 11) is 2.11. The number of nitrogens with zero attached hydrogens (tertiary/aromatic N) is 1. The van der Waals surface area contributed by atoms with E-state index in [-0.39, 0.29) is 49.5 Å². The predicted octanol–water partition coefficient (Wildman–Crippen LogP) is 5.14. The number of carboxylic acid groups (broad SMARTS) is 1. The van der Waals surface area contributed by atoms with E-state index in [0.717, 1.165) is 22.3 Å². The Morgan fingerprint density at radius 2 is 1.54 bits per heavy atom. The number of aliphatic hydroxyl groups is 1. The number of carboxylic acids is 1. The molecule has 1 fully saturated rings. The van der Waals surface area contributed by atoms with Crippen molar-refractivity contribution in [2.24, 2.45) is 5.92 Å². The van der Waals surface area contributed by atoms with E-state index in [2.05, 4.69) is 55.4 Å². The molecular formula is C33H40N2O6. The minimum absolute atomic E-state index is 0.00967. The quantitative estimate of drug-likeness (QED) is 0.281. The molecule has 8 heteroatoms. The van der Waals surface area contributed by atoms with Gasteiger partial charge in [-0.3, -0.25) is 14.5 Å². The number of nitrogens with one attached hydrogen (secondary N) is 1. The van der Waals surface area contributed by atoms with Gasteiger partial charge in [0.2, 0.25) is 5.91 Å². The topological polar surface area (TPSA) is 108 Å². The molecule has 5 atom stereocenters. The SMILES string of the molecule is CC1C(CN(C)C(C)c2ccccc2)OC(c2ccc(CNC(=O)CCC(=O)O)cc2)OC1c1ccc(CO)cc1. The molecule has 1 heterocycles. The maximum Gasteiger partial charge on any atom is 0.303 e. The second-order valence-electron chi connectivity index (χ2n) is 10.8. The summed E-state index contributed by atoms with van der Waals surface area (Å²) in [6, 6.07) is 26.2. The summed E-state index contributed by atoms with van der Waals surface area (Å²) < 4.78 is 13.2. The fourth-order valence-electron chi connectivity index (χ4n) is 5.06. The van der Waals surface area contributed by atoms with E-state index in [0.29, 0.717) is 13.1 Å². The Labute approximate surface area is 241 Å². The lowest BCUT2D eigenvalue weighted by molar-refractivity contribution is -0.276. The first kappa shape index (κ1) is 30.4. The van der Waals surface area contributed by atoms with Crippen molar-refractivity contribution in [3.8, 4) is 0 Å². The number of aliphatic hydroxyl groups excluding tert-OH is 1. The zero-order valence-electron chi connectivity index (χ0n) is 23.9. The van der Waals surface area contributed by atoms with Gasteiger partial charge in [0.15, 0.2) is 6.29 Å². The first-order valence-corrected chi connectivity index (χ1v) is 14.1. The van der Waals surface area contributed by atoms with E-state index < -0.39 is 12.3 Å². The fourth-order valence-corrected chi connectivity index (χ4v) is 5.06. The average Bonchev–Trinajstić information content (AvgIpc) is 3.00. The number of amides is 1. The van der Waals surface area contributed by atoms with Gasteiger partial charge in [0.1, 0.15) is 0 Å². The number of benzene rings is 3.